The molecular weight excluding hydrogens is 388 g/mol. The van der Waals surface area contributed by atoms with Crippen LogP contribution in [0.2, 0.25) is 0 Å². The first-order valence-corrected chi connectivity index (χ1v) is 11.8. The number of H-pyrrole nitrogens is 1. The monoisotopic (exact) mass is 412 g/mol. The van der Waals surface area contributed by atoms with Gasteiger partial charge in [-0.2, -0.15) is 0 Å². The lowest BCUT2D eigenvalue weighted by atomic mass is 10.1. The maximum absolute atomic E-state index is 12.3. The minimum Gasteiger partial charge on any atom is -0.377 e. The highest BCUT2D eigenvalue weighted by Crippen LogP contribution is 2.46. The first-order valence-electron chi connectivity index (χ1n) is 9.80. The minimum atomic E-state index is -2.59. The molecule has 3 aromatic heterocycles. The fourth-order valence-corrected chi connectivity index (χ4v) is 5.45. The van der Waals surface area contributed by atoms with E-state index in [4.69, 9.17) is 19.5 Å². The van der Waals surface area contributed by atoms with Gasteiger partial charge in [-0.15, -0.1) is 0 Å². The number of aromatic amines is 1. The molecule has 8 nitrogen and oxygen atoms in total. The highest BCUT2D eigenvalue weighted by Gasteiger charge is 2.45. The molecule has 152 valence electrons. The van der Waals surface area contributed by atoms with Crippen molar-refractivity contribution in [2.45, 2.75) is 30.6 Å². The Morgan fingerprint density at radius 2 is 2.21 bits per heavy atom. The number of pyridine rings is 1. The summed E-state index contributed by atoms with van der Waals surface area (Å²) in [5, 5.41) is 0.836. The maximum atomic E-state index is 12.3. The molecule has 2 N–H and O–H groups in total. The third-order valence-electron chi connectivity index (χ3n) is 5.78. The molecule has 0 amide bonds. The van der Waals surface area contributed by atoms with E-state index in [2.05, 4.69) is 21.8 Å². The predicted molar refractivity (Wildman–Crippen MR) is 113 cm³/mol. The van der Waals surface area contributed by atoms with Crippen molar-refractivity contribution >= 4 is 26.6 Å². The predicted octanol–water partition coefficient (Wildman–Crippen LogP) is 2.78. The molecular formula is C20H24N6O2S. The van der Waals surface area contributed by atoms with E-state index >= 15 is 0 Å². The zero-order valence-corrected chi connectivity index (χ0v) is 17.3. The van der Waals surface area contributed by atoms with Gasteiger partial charge in [0.15, 0.2) is 5.82 Å². The van der Waals surface area contributed by atoms with Crippen LogP contribution in [-0.4, -0.2) is 61.5 Å². The number of aromatic nitrogens is 4. The van der Waals surface area contributed by atoms with E-state index in [1.54, 1.807) is 6.20 Å². The second-order valence-electron chi connectivity index (χ2n) is 7.97. The number of ether oxygens (including phenoxy) is 1. The fourth-order valence-electron chi connectivity index (χ4n) is 4.11. The van der Waals surface area contributed by atoms with E-state index in [0.717, 1.165) is 41.1 Å². The van der Waals surface area contributed by atoms with Gasteiger partial charge in [-0.3, -0.25) is 4.78 Å². The lowest BCUT2D eigenvalue weighted by Crippen LogP contribution is -2.44. The quantitative estimate of drug-likeness (QED) is 0.682. The summed E-state index contributed by atoms with van der Waals surface area (Å²) in [7, 11) is -2.59. The lowest BCUT2D eigenvalue weighted by Gasteiger charge is -2.34. The molecule has 0 spiro atoms. The Labute approximate surface area is 169 Å². The van der Waals surface area contributed by atoms with Crippen molar-refractivity contribution in [3.05, 3.63) is 36.3 Å². The van der Waals surface area contributed by atoms with Crippen molar-refractivity contribution in [2.75, 3.05) is 30.9 Å². The smallest absolute Gasteiger partial charge is 0.162 e. The average molecular weight is 413 g/mol. The summed E-state index contributed by atoms with van der Waals surface area (Å²) in [6, 6.07) is 6.13. The summed E-state index contributed by atoms with van der Waals surface area (Å²) in [4.78, 5) is 19.5. The van der Waals surface area contributed by atoms with Crippen molar-refractivity contribution < 1.29 is 8.95 Å². The van der Waals surface area contributed by atoms with Crippen LogP contribution < -0.4 is 4.90 Å². The zero-order valence-electron chi connectivity index (χ0n) is 16.5. The lowest BCUT2D eigenvalue weighted by molar-refractivity contribution is 0.0985. The molecule has 0 bridgehead atoms. The van der Waals surface area contributed by atoms with Crippen LogP contribution in [0.25, 0.3) is 22.4 Å². The van der Waals surface area contributed by atoms with Gasteiger partial charge in [0.05, 0.1) is 30.2 Å². The summed E-state index contributed by atoms with van der Waals surface area (Å²) in [5.41, 5.74) is 2.58. The summed E-state index contributed by atoms with van der Waals surface area (Å²) < 4.78 is 25.8. The number of nitrogens with zero attached hydrogens (tertiary/aromatic N) is 4. The molecule has 1 saturated carbocycles. The van der Waals surface area contributed by atoms with E-state index in [0.29, 0.717) is 19.0 Å². The first kappa shape index (κ1) is 18.5. The van der Waals surface area contributed by atoms with Crippen molar-refractivity contribution in [1.82, 2.24) is 19.9 Å². The highest BCUT2D eigenvalue weighted by molar-refractivity contribution is 7.92. The van der Waals surface area contributed by atoms with Crippen LogP contribution in [0.4, 0.5) is 5.82 Å². The van der Waals surface area contributed by atoms with E-state index in [1.165, 1.54) is 6.26 Å². The fraction of sp³-hybridized carbons (Fsp3) is 0.450. The molecule has 3 aromatic rings. The van der Waals surface area contributed by atoms with Gasteiger partial charge in [-0.05, 0) is 25.5 Å². The first-order chi connectivity index (χ1) is 13.9. The number of anilines is 1. The van der Waals surface area contributed by atoms with Crippen molar-refractivity contribution in [2.24, 2.45) is 0 Å². The maximum Gasteiger partial charge on any atom is 0.162 e. The van der Waals surface area contributed by atoms with E-state index in [9.17, 15) is 4.21 Å². The van der Waals surface area contributed by atoms with Gasteiger partial charge in [0.2, 0.25) is 0 Å². The Morgan fingerprint density at radius 1 is 1.34 bits per heavy atom. The highest BCUT2D eigenvalue weighted by atomic mass is 32.2. The summed E-state index contributed by atoms with van der Waals surface area (Å²) in [6.45, 7) is 4.22. The Kier molecular flexibility index (Phi) is 4.32. The van der Waals surface area contributed by atoms with Crippen LogP contribution in [0, 0.1) is 4.78 Å². The van der Waals surface area contributed by atoms with Crippen molar-refractivity contribution in [1.29, 1.82) is 4.78 Å². The second-order valence-corrected chi connectivity index (χ2v) is 10.4. The van der Waals surface area contributed by atoms with Gasteiger partial charge in [-0.25, -0.2) is 19.2 Å². The third kappa shape index (κ3) is 3.38. The molecule has 0 aromatic carbocycles. The number of nitrogens with one attached hydrogen (secondary N) is 2. The Hall–Kier alpha value is -2.52. The number of morpholine rings is 1. The van der Waals surface area contributed by atoms with Crippen LogP contribution >= 0.6 is 0 Å². The summed E-state index contributed by atoms with van der Waals surface area (Å²) in [6.07, 6.45) is 5.88. The molecule has 1 aliphatic carbocycles. The molecule has 1 saturated heterocycles. The third-order valence-corrected chi connectivity index (χ3v) is 7.46. The van der Waals surface area contributed by atoms with Gasteiger partial charge in [0.25, 0.3) is 0 Å². The molecule has 29 heavy (non-hydrogen) atoms. The summed E-state index contributed by atoms with van der Waals surface area (Å²) in [5.74, 6) is 1.55. The van der Waals surface area contributed by atoms with Gasteiger partial charge in [0.1, 0.15) is 11.5 Å². The Balaban J connectivity index is 1.63. The molecule has 4 atom stereocenters. The zero-order chi connectivity index (χ0) is 20.2. The normalized spacial score (nSPS) is 26.4. The number of fused-ring (bicyclic) bond motifs is 1. The number of hydrogen-bond donors (Lipinski definition) is 2. The van der Waals surface area contributed by atoms with Crippen LogP contribution in [0.5, 0.6) is 0 Å². The number of rotatable bonds is 4. The van der Waals surface area contributed by atoms with Gasteiger partial charge < -0.3 is 14.6 Å². The molecule has 2 fully saturated rings. The standard InChI is InChI=1S/C20H24N6O2S/c1-12-11-28-8-7-26(12)18-10-16(15-9-17(15)29(2,21)27)24-20(25-18)14-4-6-23-19-13(14)3-5-22-19/h3-6,10,12,15,17,21H,7-9,11H2,1-2H3,(H,22,23)/t12-,15-,17-,29-/m1/s1. The Bertz CT molecular complexity index is 1170. The van der Waals surface area contributed by atoms with Crippen LogP contribution in [-0.2, 0) is 14.5 Å². The summed E-state index contributed by atoms with van der Waals surface area (Å²) >= 11 is 0. The van der Waals surface area contributed by atoms with Crippen molar-refractivity contribution in [3.8, 4) is 11.4 Å². The molecule has 4 heterocycles. The molecule has 9 heteroatoms. The van der Waals surface area contributed by atoms with Crippen LogP contribution in [0.1, 0.15) is 25.0 Å². The number of hydrogen-bond acceptors (Lipinski definition) is 7. The largest absolute Gasteiger partial charge is 0.377 e. The van der Waals surface area contributed by atoms with E-state index < -0.39 is 9.73 Å². The molecule has 0 unspecified atom stereocenters. The minimum absolute atomic E-state index is 0.0467. The van der Waals surface area contributed by atoms with Crippen LogP contribution in [0.15, 0.2) is 30.6 Å². The van der Waals surface area contributed by atoms with Gasteiger partial charge in [-0.1, -0.05) is 0 Å². The van der Waals surface area contributed by atoms with E-state index in [-0.39, 0.29) is 17.2 Å². The van der Waals surface area contributed by atoms with E-state index in [1.807, 2.05) is 24.4 Å². The Morgan fingerprint density at radius 3 is 2.97 bits per heavy atom. The molecule has 1 aliphatic heterocycles. The van der Waals surface area contributed by atoms with Crippen LogP contribution in [0.3, 0.4) is 0 Å². The molecule has 5 rings (SSSR count). The second kappa shape index (κ2) is 6.77. The molecule has 2 aliphatic rings. The average Bonchev–Trinajstić information content (AvgIpc) is 3.38. The van der Waals surface area contributed by atoms with Crippen molar-refractivity contribution in [3.63, 3.8) is 0 Å². The van der Waals surface area contributed by atoms with Gasteiger partial charge in [0, 0.05) is 57.9 Å². The topological polar surface area (TPSA) is 108 Å². The molecule has 0 radical (unpaired) electrons. The van der Waals surface area contributed by atoms with Gasteiger partial charge >= 0.3 is 0 Å². The SMILES string of the molecule is C[C@@H]1COCCN1c1cc([C@H]2C[C@H]2[S@](C)(=N)=O)nc(-c2ccnc3[nH]ccc23)n1.